The minimum Gasteiger partial charge on any atom is -0.508 e. The van der Waals surface area contributed by atoms with Crippen LogP contribution in [0.4, 0.5) is 0 Å². The largest absolute Gasteiger partial charge is 0.508 e. The molecular formula is C80H109N15O19. The first kappa shape index (κ1) is 87.3. The number of hydrogen-bond acceptors (Lipinski definition) is 23. The van der Waals surface area contributed by atoms with E-state index in [1.54, 1.807) is 64.5 Å². The van der Waals surface area contributed by atoms with Crippen LogP contribution >= 0.6 is 0 Å². The third-order valence-electron chi connectivity index (χ3n) is 21.0. The molecule has 618 valence electrons. The molecular weight excluding hydrogens is 1470 g/mol. The van der Waals surface area contributed by atoms with Gasteiger partial charge >= 0.3 is 23.9 Å². The number of carbonyl (C=O) groups excluding carboxylic acids is 5. The van der Waals surface area contributed by atoms with Crippen LogP contribution < -0.4 is 16.0 Å². The summed E-state index contributed by atoms with van der Waals surface area (Å²) >= 11 is 0. The fourth-order valence-electron chi connectivity index (χ4n) is 14.8. The van der Waals surface area contributed by atoms with Gasteiger partial charge in [0.2, 0.25) is 29.4 Å². The van der Waals surface area contributed by atoms with Crippen molar-refractivity contribution in [2.24, 2.45) is 11.8 Å². The van der Waals surface area contributed by atoms with E-state index in [4.69, 9.17) is 9.47 Å². The van der Waals surface area contributed by atoms with Crippen LogP contribution in [0.25, 0.3) is 34.2 Å². The number of nitrogens with one attached hydrogen (secondary N) is 3. The molecule has 5 heterocycles. The third kappa shape index (κ3) is 24.4. The van der Waals surface area contributed by atoms with E-state index in [2.05, 4.69) is 36.3 Å². The molecule has 9 rings (SSSR count). The highest BCUT2D eigenvalue weighted by Gasteiger charge is 2.33. The fourth-order valence-corrected chi connectivity index (χ4v) is 14.8. The van der Waals surface area contributed by atoms with Crippen LogP contribution in [0.5, 0.6) is 23.0 Å². The number of aliphatic carboxylic acids is 4. The molecule has 2 aromatic heterocycles. The standard InChI is InChI=1S/C80H109N15O19/c1-7-81-78(109)76-86-84-74(61-41-59(50(3)4)64(96)43-66(61)98)94(76)57-13-9-52(10-14-57)39-54-19-25-92(26-20-54)69(101)23-37-113-48-56(83-68(100)18-17-63(80(111)112)91-35-33-89(46-72(105)106)31-29-88(45-71(103)104)30-32-90(34-36-91)47-73(107)108)49-114-38-24-70(102)93-27-21-55(22-28-93)40-53-11-15-58(16-12-53)95-75(85-87-77(95)79(110)82-8-2)62-42-60(51(5)6)65(97)44-67(62)99/h9-16,41-44,50-51,54-56,63,96-99H,7-8,17-40,45-49H2,1-6H3,(H,81,109)(H,82,110)(H,83,100)(H,103,104)(H,105,106)(H,107,108)(H,111,112)/t63-/m1/s1. The molecule has 3 aliphatic rings. The molecule has 3 aliphatic heterocycles. The molecule has 5 amide bonds. The molecule has 0 spiro atoms. The van der Waals surface area contributed by atoms with Crippen molar-refractivity contribution in [3.63, 3.8) is 0 Å². The summed E-state index contributed by atoms with van der Waals surface area (Å²) in [4.78, 5) is 127. The first-order valence-corrected chi connectivity index (χ1v) is 39.2. The predicted octanol–water partition coefficient (Wildman–Crippen LogP) is 5.02. The van der Waals surface area contributed by atoms with Gasteiger partial charge in [-0.25, -0.2) is 0 Å². The zero-order chi connectivity index (χ0) is 82.3. The number of likely N-dealkylation sites (tertiary alicyclic amines) is 2. The van der Waals surface area contributed by atoms with Crippen LogP contribution in [-0.2, 0) is 55.9 Å². The van der Waals surface area contributed by atoms with Crippen molar-refractivity contribution in [2.45, 2.75) is 130 Å². The number of hydrogen-bond donors (Lipinski definition) is 11. The molecule has 0 bridgehead atoms. The van der Waals surface area contributed by atoms with Crippen LogP contribution in [0.1, 0.15) is 148 Å². The van der Waals surface area contributed by atoms with Gasteiger partial charge in [0, 0.05) is 122 Å². The highest BCUT2D eigenvalue weighted by atomic mass is 16.5. The van der Waals surface area contributed by atoms with Gasteiger partial charge < -0.3 is 76.1 Å². The van der Waals surface area contributed by atoms with Crippen LogP contribution in [0, 0.1) is 11.8 Å². The molecule has 6 aromatic rings. The maximum absolute atomic E-state index is 14.0. The molecule has 11 N–H and O–H groups in total. The molecule has 0 radical (unpaired) electrons. The SMILES string of the molecule is CCNC(=O)c1nnc(-c2cc(C(C)C)c(O)cc2O)n1-c1ccc(CC2CCN(C(=O)CCOCC(COCCC(=O)N3CCC(Cc4ccc(-n5c(C(=O)NCC)nnc5-c5cc(C(C)C)c(O)cc5O)cc4)CC3)NC(=O)CC[C@H](C(=O)O)N3CCN(CC(=O)O)CCN(CC(=O)O)CCN(CC(=O)O)CC3)CC2)cc1. The first-order valence-electron chi connectivity index (χ1n) is 39.2. The third-order valence-corrected chi connectivity index (χ3v) is 21.0. The van der Waals surface area contributed by atoms with E-state index in [1.165, 1.54) is 12.1 Å². The van der Waals surface area contributed by atoms with Crippen LogP contribution in [0.3, 0.4) is 0 Å². The average Bonchev–Trinajstić information content (AvgIpc) is 1.60. The summed E-state index contributed by atoms with van der Waals surface area (Å²) in [6.45, 7) is 13.1. The molecule has 3 fully saturated rings. The molecule has 3 saturated heterocycles. The van der Waals surface area contributed by atoms with Crippen molar-refractivity contribution in [1.82, 2.24) is 74.9 Å². The normalized spacial score (nSPS) is 15.9. The van der Waals surface area contributed by atoms with Gasteiger partial charge in [-0.3, -0.25) is 71.9 Å². The number of nitrogens with zero attached hydrogens (tertiary/aromatic N) is 12. The molecule has 1 atom stereocenters. The molecule has 0 saturated carbocycles. The van der Waals surface area contributed by atoms with Crippen molar-refractivity contribution in [2.75, 3.05) is 138 Å². The maximum Gasteiger partial charge on any atom is 0.320 e. The highest BCUT2D eigenvalue weighted by molar-refractivity contribution is 5.93. The van der Waals surface area contributed by atoms with Gasteiger partial charge in [-0.05, 0) is 141 Å². The number of aromatic nitrogens is 6. The lowest BCUT2D eigenvalue weighted by Crippen LogP contribution is -2.52. The lowest BCUT2D eigenvalue weighted by Gasteiger charge is -2.35. The minimum absolute atomic E-state index is 0.0122. The molecule has 34 heteroatoms. The topological polar surface area (TPSA) is 451 Å². The number of carboxylic acids is 4. The number of amides is 5. The number of benzene rings is 4. The van der Waals surface area contributed by atoms with E-state index in [1.807, 2.05) is 76.2 Å². The van der Waals surface area contributed by atoms with Crippen molar-refractivity contribution in [1.29, 1.82) is 0 Å². The Morgan fingerprint density at radius 1 is 0.474 bits per heavy atom. The number of phenols is 4. The Bertz CT molecular complexity index is 4050. The van der Waals surface area contributed by atoms with Gasteiger partial charge in [0.15, 0.2) is 11.6 Å². The Morgan fingerprint density at radius 3 is 1.18 bits per heavy atom. The van der Waals surface area contributed by atoms with Crippen LogP contribution in [-0.4, -0.2) is 303 Å². The number of carboxylic acid groups (broad SMARTS) is 4. The summed E-state index contributed by atoms with van der Waals surface area (Å²) in [6.07, 6.45) is 3.88. The Balaban J connectivity index is 0.801. The molecule has 4 aromatic carbocycles. The van der Waals surface area contributed by atoms with E-state index in [0.717, 1.165) is 36.8 Å². The van der Waals surface area contributed by atoms with E-state index in [9.17, 15) is 84.0 Å². The van der Waals surface area contributed by atoms with Crippen LogP contribution in [0.15, 0.2) is 72.8 Å². The van der Waals surface area contributed by atoms with E-state index >= 15 is 0 Å². The molecule has 0 unspecified atom stereocenters. The smallest absolute Gasteiger partial charge is 0.320 e. The average molecular weight is 1580 g/mol. The van der Waals surface area contributed by atoms with Gasteiger partial charge in [-0.1, -0.05) is 52.0 Å². The van der Waals surface area contributed by atoms with Crippen LogP contribution in [0.2, 0.25) is 0 Å². The Morgan fingerprint density at radius 2 is 0.842 bits per heavy atom. The number of rotatable bonds is 36. The first-order chi connectivity index (χ1) is 54.6. The maximum atomic E-state index is 14.0. The van der Waals surface area contributed by atoms with Gasteiger partial charge in [0.05, 0.1) is 76.1 Å². The van der Waals surface area contributed by atoms with Gasteiger partial charge in [0.1, 0.15) is 29.0 Å². The Kier molecular flexibility index (Phi) is 32.1. The Hall–Kier alpha value is -10.6. The summed E-state index contributed by atoms with van der Waals surface area (Å²) < 4.78 is 15.3. The van der Waals surface area contributed by atoms with Gasteiger partial charge in [-0.15, -0.1) is 20.4 Å². The lowest BCUT2D eigenvalue weighted by atomic mass is 9.90. The zero-order valence-electron chi connectivity index (χ0n) is 65.7. The minimum atomic E-state index is -1.28. The number of carbonyl (C=O) groups is 9. The van der Waals surface area contributed by atoms with Crippen molar-refractivity contribution < 1.29 is 93.5 Å². The van der Waals surface area contributed by atoms with Gasteiger partial charge in [-0.2, -0.15) is 0 Å². The second kappa shape index (κ2) is 41.9. The van der Waals surface area contributed by atoms with Gasteiger partial charge in [0.25, 0.3) is 11.8 Å². The predicted molar refractivity (Wildman–Crippen MR) is 418 cm³/mol. The monoisotopic (exact) mass is 1580 g/mol. The number of aromatic hydroxyl groups is 4. The molecule has 114 heavy (non-hydrogen) atoms. The number of piperidine rings is 2. The summed E-state index contributed by atoms with van der Waals surface area (Å²) in [6, 6.07) is 19.0. The Labute approximate surface area is 662 Å². The molecule has 0 aliphatic carbocycles. The zero-order valence-corrected chi connectivity index (χ0v) is 65.7. The lowest BCUT2D eigenvalue weighted by molar-refractivity contribution is -0.145. The van der Waals surface area contributed by atoms with Crippen molar-refractivity contribution in [3.05, 3.63) is 107 Å². The summed E-state index contributed by atoms with van der Waals surface area (Å²) in [7, 11) is 0. The number of ether oxygens (including phenoxy) is 2. The second-order valence-corrected chi connectivity index (χ2v) is 30.0. The summed E-state index contributed by atoms with van der Waals surface area (Å²) in [5.41, 5.74) is 4.97. The molecule has 34 nitrogen and oxygen atoms in total. The second-order valence-electron chi connectivity index (χ2n) is 30.0. The fraction of sp³-hybridized carbons (Fsp3) is 0.537. The number of phenolic OH excluding ortho intramolecular Hbond substituents is 4. The van der Waals surface area contributed by atoms with E-state index in [0.29, 0.717) is 85.7 Å². The summed E-state index contributed by atoms with van der Waals surface area (Å²) in [5, 5.41) is 109. The quantitative estimate of drug-likeness (QED) is 0.0230. The van der Waals surface area contributed by atoms with E-state index in [-0.39, 0.29) is 193 Å². The van der Waals surface area contributed by atoms with Crippen molar-refractivity contribution >= 4 is 53.4 Å². The van der Waals surface area contributed by atoms with Crippen molar-refractivity contribution in [3.8, 4) is 57.1 Å². The van der Waals surface area contributed by atoms with E-state index < -0.39 is 66.8 Å². The highest BCUT2D eigenvalue weighted by Crippen LogP contribution is 2.41. The summed E-state index contributed by atoms with van der Waals surface area (Å²) in [5.74, 6) is -6.20.